The molecule has 0 radical (unpaired) electrons. The number of carbonyl (C=O) groups excluding carboxylic acids is 2. The van der Waals surface area contributed by atoms with E-state index in [9.17, 15) is 9.59 Å². The van der Waals surface area contributed by atoms with E-state index in [4.69, 9.17) is 4.74 Å². The summed E-state index contributed by atoms with van der Waals surface area (Å²) in [6.07, 6.45) is 0.577. The van der Waals surface area contributed by atoms with Gasteiger partial charge in [0.2, 0.25) is 11.8 Å². The Balaban J connectivity index is 1.62. The molecular formula is C19H27N3O3. The first-order valence-electron chi connectivity index (χ1n) is 8.99. The predicted octanol–water partition coefficient (Wildman–Crippen LogP) is 0.797. The summed E-state index contributed by atoms with van der Waals surface area (Å²) in [5.41, 5.74) is 2.28. The van der Waals surface area contributed by atoms with E-state index in [1.54, 1.807) is 4.90 Å². The average molecular weight is 345 g/mol. The smallest absolute Gasteiger partial charge is 0.243 e. The molecule has 2 atom stereocenters. The van der Waals surface area contributed by atoms with Gasteiger partial charge in [-0.15, -0.1) is 0 Å². The number of fused-ring (bicyclic) bond motifs is 1. The van der Waals surface area contributed by atoms with Crippen molar-refractivity contribution in [3.05, 3.63) is 35.4 Å². The van der Waals surface area contributed by atoms with Crippen molar-refractivity contribution in [1.82, 2.24) is 15.1 Å². The Kier molecular flexibility index (Phi) is 5.71. The zero-order chi connectivity index (χ0) is 17.8. The van der Waals surface area contributed by atoms with Gasteiger partial charge in [0.1, 0.15) is 6.04 Å². The second kappa shape index (κ2) is 7.97. The fraction of sp³-hybridized carbons (Fsp3) is 0.579. The molecule has 1 fully saturated rings. The molecule has 2 aliphatic heterocycles. The van der Waals surface area contributed by atoms with E-state index in [-0.39, 0.29) is 17.9 Å². The lowest BCUT2D eigenvalue weighted by Crippen LogP contribution is -2.54. The molecule has 1 aromatic rings. The maximum atomic E-state index is 12.8. The van der Waals surface area contributed by atoms with E-state index in [2.05, 4.69) is 17.1 Å². The molecule has 1 saturated heterocycles. The second-order valence-corrected chi connectivity index (χ2v) is 6.88. The standard InChI is InChI=1S/C19H27N3O3/c1-14(21-7-9-25-10-8-21)12-20-19(24)18-11-16-5-3-4-6-17(16)13-22(18)15(2)23/h3-6,14,18H,7-13H2,1-2H3,(H,20,24)/t14-,18+/m1/s1. The first kappa shape index (κ1) is 17.9. The topological polar surface area (TPSA) is 61.9 Å². The molecule has 1 aromatic carbocycles. The number of benzene rings is 1. The minimum Gasteiger partial charge on any atom is -0.379 e. The van der Waals surface area contributed by atoms with Gasteiger partial charge in [0.25, 0.3) is 0 Å². The van der Waals surface area contributed by atoms with Crippen LogP contribution in [0.2, 0.25) is 0 Å². The summed E-state index contributed by atoms with van der Waals surface area (Å²) in [6.45, 7) is 8.02. The average Bonchev–Trinajstić information content (AvgIpc) is 2.65. The van der Waals surface area contributed by atoms with E-state index < -0.39 is 6.04 Å². The van der Waals surface area contributed by atoms with Crippen LogP contribution >= 0.6 is 0 Å². The number of ether oxygens (including phenoxy) is 1. The maximum absolute atomic E-state index is 12.8. The molecule has 0 unspecified atom stereocenters. The van der Waals surface area contributed by atoms with E-state index in [0.717, 1.165) is 37.4 Å². The summed E-state index contributed by atoms with van der Waals surface area (Å²) in [5.74, 6) is -0.124. The van der Waals surface area contributed by atoms with Gasteiger partial charge in [-0.25, -0.2) is 0 Å². The highest BCUT2D eigenvalue weighted by molar-refractivity contribution is 5.87. The van der Waals surface area contributed by atoms with Gasteiger partial charge in [-0.3, -0.25) is 14.5 Å². The fourth-order valence-electron chi connectivity index (χ4n) is 3.60. The van der Waals surface area contributed by atoms with Crippen LogP contribution in [0.25, 0.3) is 0 Å². The molecule has 6 nitrogen and oxygen atoms in total. The summed E-state index contributed by atoms with van der Waals surface area (Å²) in [6, 6.07) is 7.86. The first-order chi connectivity index (χ1) is 12.1. The van der Waals surface area contributed by atoms with Gasteiger partial charge < -0.3 is 15.0 Å². The molecule has 0 bridgehead atoms. The van der Waals surface area contributed by atoms with Crippen molar-refractivity contribution >= 4 is 11.8 Å². The summed E-state index contributed by atoms with van der Waals surface area (Å²) in [4.78, 5) is 28.8. The predicted molar refractivity (Wildman–Crippen MR) is 95.0 cm³/mol. The largest absolute Gasteiger partial charge is 0.379 e. The van der Waals surface area contributed by atoms with Crippen LogP contribution in [-0.4, -0.2) is 66.5 Å². The van der Waals surface area contributed by atoms with Gasteiger partial charge in [-0.05, 0) is 18.1 Å². The summed E-state index contributed by atoms with van der Waals surface area (Å²) < 4.78 is 5.37. The van der Waals surface area contributed by atoms with Gasteiger partial charge in [0.15, 0.2) is 0 Å². The van der Waals surface area contributed by atoms with Crippen molar-refractivity contribution in [3.63, 3.8) is 0 Å². The van der Waals surface area contributed by atoms with Gasteiger partial charge in [0, 0.05) is 45.6 Å². The zero-order valence-electron chi connectivity index (χ0n) is 15.0. The Labute approximate surface area is 149 Å². The molecule has 0 aliphatic carbocycles. The van der Waals surface area contributed by atoms with Gasteiger partial charge in [0.05, 0.1) is 13.2 Å². The Bertz CT molecular complexity index is 628. The van der Waals surface area contributed by atoms with Gasteiger partial charge in [-0.2, -0.15) is 0 Å². The van der Waals surface area contributed by atoms with Crippen LogP contribution in [-0.2, 0) is 27.3 Å². The lowest BCUT2D eigenvalue weighted by atomic mass is 9.93. The Morgan fingerprint density at radius 2 is 1.92 bits per heavy atom. The molecule has 2 heterocycles. The minimum absolute atomic E-state index is 0.0594. The van der Waals surface area contributed by atoms with Crippen LogP contribution in [0.4, 0.5) is 0 Å². The third kappa shape index (κ3) is 4.19. The van der Waals surface area contributed by atoms with E-state index >= 15 is 0 Å². The van der Waals surface area contributed by atoms with Crippen LogP contribution in [0.5, 0.6) is 0 Å². The number of rotatable bonds is 4. The zero-order valence-corrected chi connectivity index (χ0v) is 15.0. The number of amides is 2. The Morgan fingerprint density at radius 3 is 2.60 bits per heavy atom. The van der Waals surface area contributed by atoms with E-state index in [0.29, 0.717) is 19.5 Å². The summed E-state index contributed by atoms with van der Waals surface area (Å²) >= 11 is 0. The molecule has 25 heavy (non-hydrogen) atoms. The third-order valence-corrected chi connectivity index (χ3v) is 5.20. The van der Waals surface area contributed by atoms with Crippen molar-refractivity contribution in [2.45, 2.75) is 38.9 Å². The van der Waals surface area contributed by atoms with Crippen molar-refractivity contribution in [2.24, 2.45) is 0 Å². The second-order valence-electron chi connectivity index (χ2n) is 6.88. The molecule has 6 heteroatoms. The normalized spacial score (nSPS) is 22.2. The van der Waals surface area contributed by atoms with E-state index in [1.807, 2.05) is 24.3 Å². The quantitative estimate of drug-likeness (QED) is 0.877. The molecule has 2 amide bonds. The van der Waals surface area contributed by atoms with Crippen molar-refractivity contribution in [2.75, 3.05) is 32.8 Å². The molecule has 0 spiro atoms. The van der Waals surface area contributed by atoms with E-state index in [1.165, 1.54) is 6.92 Å². The number of hydrogen-bond acceptors (Lipinski definition) is 4. The SMILES string of the molecule is CC(=O)N1Cc2ccccc2C[C@H]1C(=O)NC[C@@H](C)N1CCOCC1. The molecule has 3 rings (SSSR count). The third-order valence-electron chi connectivity index (χ3n) is 5.20. The first-order valence-corrected chi connectivity index (χ1v) is 8.99. The lowest BCUT2D eigenvalue weighted by molar-refractivity contribution is -0.140. The summed E-state index contributed by atoms with van der Waals surface area (Å²) in [5, 5.41) is 3.05. The number of carbonyl (C=O) groups is 2. The van der Waals surface area contributed by atoms with Crippen molar-refractivity contribution in [3.8, 4) is 0 Å². The number of nitrogens with one attached hydrogen (secondary N) is 1. The molecule has 1 N–H and O–H groups in total. The molecule has 0 saturated carbocycles. The maximum Gasteiger partial charge on any atom is 0.243 e. The minimum atomic E-state index is -0.427. The van der Waals surface area contributed by atoms with Crippen LogP contribution in [0.15, 0.2) is 24.3 Å². The van der Waals surface area contributed by atoms with Crippen LogP contribution in [0, 0.1) is 0 Å². The summed E-state index contributed by atoms with van der Waals surface area (Å²) in [7, 11) is 0. The van der Waals surface area contributed by atoms with Crippen LogP contribution in [0.1, 0.15) is 25.0 Å². The lowest BCUT2D eigenvalue weighted by Gasteiger charge is -2.36. The Morgan fingerprint density at radius 1 is 1.24 bits per heavy atom. The highest BCUT2D eigenvalue weighted by Gasteiger charge is 2.33. The van der Waals surface area contributed by atoms with Gasteiger partial charge in [-0.1, -0.05) is 24.3 Å². The molecule has 2 aliphatic rings. The van der Waals surface area contributed by atoms with Crippen LogP contribution in [0.3, 0.4) is 0 Å². The monoisotopic (exact) mass is 345 g/mol. The van der Waals surface area contributed by atoms with Crippen molar-refractivity contribution in [1.29, 1.82) is 0 Å². The number of hydrogen-bond donors (Lipinski definition) is 1. The highest BCUT2D eigenvalue weighted by Crippen LogP contribution is 2.23. The highest BCUT2D eigenvalue weighted by atomic mass is 16.5. The number of morpholine rings is 1. The molecule has 0 aromatic heterocycles. The number of nitrogens with zero attached hydrogens (tertiary/aromatic N) is 2. The molecule has 136 valence electrons. The van der Waals surface area contributed by atoms with Crippen molar-refractivity contribution < 1.29 is 14.3 Å². The molecular weight excluding hydrogens is 318 g/mol. The fourth-order valence-corrected chi connectivity index (χ4v) is 3.60. The Hall–Kier alpha value is -1.92. The van der Waals surface area contributed by atoms with Crippen LogP contribution < -0.4 is 5.32 Å². The van der Waals surface area contributed by atoms with Gasteiger partial charge >= 0.3 is 0 Å².